The van der Waals surface area contributed by atoms with Gasteiger partial charge in [0.25, 0.3) is 0 Å². The molecule has 0 aromatic heterocycles. The Morgan fingerprint density at radius 3 is 2.50 bits per heavy atom. The van der Waals surface area contributed by atoms with Crippen molar-refractivity contribution in [3.05, 3.63) is 27.7 Å². The van der Waals surface area contributed by atoms with Crippen molar-refractivity contribution in [2.24, 2.45) is 17.0 Å². The summed E-state index contributed by atoms with van der Waals surface area (Å²) >= 11 is 12.3. The third-order valence-electron chi connectivity index (χ3n) is 6.56. The number of halogens is 2. The van der Waals surface area contributed by atoms with E-state index in [1.807, 2.05) is 18.7 Å². The van der Waals surface area contributed by atoms with Crippen molar-refractivity contribution in [1.82, 2.24) is 10.2 Å². The smallest absolute Gasteiger partial charge is 0.227 e. The number of hydrogen-bond donors (Lipinski definition) is 3. The number of nitrogens with two attached hydrogens (primary N) is 1. The lowest BCUT2D eigenvalue weighted by Crippen LogP contribution is -2.44. The molecular formula is C21H31Cl2N3O3S. The van der Waals surface area contributed by atoms with Crippen LogP contribution in [0.1, 0.15) is 51.0 Å². The molecule has 0 aliphatic carbocycles. The van der Waals surface area contributed by atoms with Gasteiger partial charge in [-0.15, -0.1) is 0 Å². The number of phenolic OH excluding ortho intramolecular Hbond substituents is 1. The van der Waals surface area contributed by atoms with Crippen molar-refractivity contribution in [2.75, 3.05) is 26.2 Å². The highest BCUT2D eigenvalue weighted by Crippen LogP contribution is 2.44. The molecule has 6 nitrogen and oxygen atoms in total. The maximum absolute atomic E-state index is 12.8. The first kappa shape index (κ1) is 23.8. The molecule has 2 fully saturated rings. The van der Waals surface area contributed by atoms with E-state index in [9.17, 15) is 14.1 Å². The highest BCUT2D eigenvalue weighted by Gasteiger charge is 2.37. The van der Waals surface area contributed by atoms with E-state index < -0.39 is 15.7 Å². The zero-order valence-corrected chi connectivity index (χ0v) is 19.8. The number of amides is 1. The lowest BCUT2D eigenvalue weighted by atomic mass is 9.75. The number of aromatic hydroxyl groups is 1. The summed E-state index contributed by atoms with van der Waals surface area (Å²) in [6.45, 7) is 6.77. The zero-order valence-electron chi connectivity index (χ0n) is 17.5. The number of nitrogens with one attached hydrogen (secondary N) is 1. The molecule has 1 aromatic carbocycles. The summed E-state index contributed by atoms with van der Waals surface area (Å²) in [4.78, 5) is 14.7. The Balaban J connectivity index is 1.80. The van der Waals surface area contributed by atoms with Gasteiger partial charge in [0.2, 0.25) is 5.91 Å². The van der Waals surface area contributed by atoms with E-state index in [0.29, 0.717) is 35.1 Å². The zero-order chi connectivity index (χ0) is 22.1. The Morgan fingerprint density at radius 1 is 1.30 bits per heavy atom. The summed E-state index contributed by atoms with van der Waals surface area (Å²) in [5.74, 6) is 0.517. The van der Waals surface area contributed by atoms with Gasteiger partial charge in [-0.1, -0.05) is 23.2 Å². The van der Waals surface area contributed by atoms with Gasteiger partial charge in [-0.25, -0.2) is 4.21 Å². The van der Waals surface area contributed by atoms with E-state index in [-0.39, 0.29) is 29.4 Å². The van der Waals surface area contributed by atoms with Crippen LogP contribution in [-0.4, -0.2) is 51.0 Å². The minimum atomic E-state index is -1.52. The van der Waals surface area contributed by atoms with E-state index >= 15 is 0 Å². The minimum absolute atomic E-state index is 0.0788. The van der Waals surface area contributed by atoms with Crippen molar-refractivity contribution >= 4 is 40.1 Å². The van der Waals surface area contributed by atoms with Crippen LogP contribution in [0, 0.1) is 11.8 Å². The molecule has 30 heavy (non-hydrogen) atoms. The fourth-order valence-electron chi connectivity index (χ4n) is 4.64. The van der Waals surface area contributed by atoms with Crippen molar-refractivity contribution < 1.29 is 14.1 Å². The van der Waals surface area contributed by atoms with E-state index in [4.69, 9.17) is 28.3 Å². The molecule has 3 rings (SSSR count). The average Bonchev–Trinajstić information content (AvgIpc) is 3.23. The first-order valence-electron chi connectivity index (χ1n) is 10.4. The number of carbonyl (C=O) groups is 1. The number of piperidine rings is 1. The van der Waals surface area contributed by atoms with E-state index in [0.717, 1.165) is 32.4 Å². The average molecular weight is 476 g/mol. The van der Waals surface area contributed by atoms with Gasteiger partial charge in [0.15, 0.2) is 0 Å². The third kappa shape index (κ3) is 5.30. The second-order valence-electron chi connectivity index (χ2n) is 9.05. The van der Waals surface area contributed by atoms with Gasteiger partial charge < -0.3 is 15.3 Å². The summed E-state index contributed by atoms with van der Waals surface area (Å²) in [6.07, 6.45) is 3.05. The first-order chi connectivity index (χ1) is 14.1. The number of phenols is 1. The largest absolute Gasteiger partial charge is 0.508 e. The Labute approximate surface area is 191 Å². The molecular weight excluding hydrogens is 445 g/mol. The molecule has 3 atom stereocenters. The standard InChI is InChI=1S/C21H31Cl2N3O3S/c1-21(2,30(24)29)11-16(15-9-17(22)18(23)10-19(15)27)13-4-7-26(8-5-13)20(28)14-3-6-25-12-14/h9-10,13-14,16,25,27H,3-8,11-12,24H2,1-2H3/t14-,16+,30?/m0/s1. The van der Waals surface area contributed by atoms with Gasteiger partial charge in [0.1, 0.15) is 5.75 Å². The van der Waals surface area contributed by atoms with Crippen LogP contribution in [0.3, 0.4) is 0 Å². The number of carbonyl (C=O) groups excluding carboxylic acids is 1. The fourth-order valence-corrected chi connectivity index (χ4v) is 5.31. The molecule has 1 amide bonds. The lowest BCUT2D eigenvalue weighted by molar-refractivity contribution is -0.136. The molecule has 0 spiro atoms. The molecule has 0 radical (unpaired) electrons. The van der Waals surface area contributed by atoms with Crippen molar-refractivity contribution in [2.45, 2.75) is 50.2 Å². The first-order valence-corrected chi connectivity index (χ1v) is 12.4. The number of benzene rings is 1. The van der Waals surface area contributed by atoms with Gasteiger partial charge in [0, 0.05) is 25.7 Å². The number of rotatable bonds is 6. The minimum Gasteiger partial charge on any atom is -0.508 e. The topological polar surface area (TPSA) is 95.7 Å². The molecule has 1 unspecified atom stereocenters. The van der Waals surface area contributed by atoms with Crippen molar-refractivity contribution in [3.63, 3.8) is 0 Å². The van der Waals surface area contributed by atoms with Crippen molar-refractivity contribution in [3.8, 4) is 5.75 Å². The van der Waals surface area contributed by atoms with Crippen LogP contribution in [0.4, 0.5) is 0 Å². The van der Waals surface area contributed by atoms with Crippen LogP contribution < -0.4 is 10.5 Å². The molecule has 2 aliphatic rings. The van der Waals surface area contributed by atoms with E-state index in [1.54, 1.807) is 6.07 Å². The number of likely N-dealkylation sites (tertiary alicyclic amines) is 1. The van der Waals surface area contributed by atoms with Gasteiger partial charge >= 0.3 is 0 Å². The van der Waals surface area contributed by atoms with Gasteiger partial charge in [-0.2, -0.15) is 0 Å². The predicted molar refractivity (Wildman–Crippen MR) is 122 cm³/mol. The maximum atomic E-state index is 12.8. The van der Waals surface area contributed by atoms with Crippen LogP contribution in [0.15, 0.2) is 12.1 Å². The Hall–Kier alpha value is -0.860. The predicted octanol–water partition coefficient (Wildman–Crippen LogP) is 3.42. The van der Waals surface area contributed by atoms with Gasteiger partial charge in [-0.05, 0) is 69.5 Å². The Morgan fingerprint density at radius 2 is 1.93 bits per heavy atom. The summed E-state index contributed by atoms with van der Waals surface area (Å²) < 4.78 is 11.5. The maximum Gasteiger partial charge on any atom is 0.227 e. The highest BCUT2D eigenvalue weighted by atomic mass is 35.5. The summed E-state index contributed by atoms with van der Waals surface area (Å²) in [5, 5.41) is 20.3. The van der Waals surface area contributed by atoms with Crippen molar-refractivity contribution in [1.29, 1.82) is 0 Å². The van der Waals surface area contributed by atoms with Gasteiger partial charge in [0.05, 0.1) is 31.7 Å². The fraction of sp³-hybridized carbons (Fsp3) is 0.667. The number of hydrogen-bond acceptors (Lipinski definition) is 4. The molecule has 168 valence electrons. The monoisotopic (exact) mass is 475 g/mol. The quantitative estimate of drug-likeness (QED) is 0.586. The van der Waals surface area contributed by atoms with Crippen LogP contribution in [0.5, 0.6) is 5.75 Å². The Kier molecular flexibility index (Phi) is 7.72. The Bertz CT molecular complexity index is 807. The molecule has 9 heteroatoms. The third-order valence-corrected chi connectivity index (χ3v) is 8.53. The molecule has 0 bridgehead atoms. The summed E-state index contributed by atoms with van der Waals surface area (Å²) in [6, 6.07) is 3.17. The summed E-state index contributed by atoms with van der Waals surface area (Å²) in [5.41, 5.74) is 0.702. The molecule has 2 heterocycles. The molecule has 2 aliphatic heterocycles. The normalized spacial score (nSPS) is 22.8. The van der Waals surface area contributed by atoms with Crippen LogP contribution in [0.25, 0.3) is 0 Å². The SMILES string of the molecule is CC(C)(C[C@@H](c1cc(Cl)c(Cl)cc1O)C1CCN(C(=O)[C@H]2CCNC2)CC1)S(N)=O. The highest BCUT2D eigenvalue weighted by molar-refractivity contribution is 7.84. The molecule has 1 aromatic rings. The van der Waals surface area contributed by atoms with E-state index in [2.05, 4.69) is 5.32 Å². The van der Waals surface area contributed by atoms with Gasteiger partial charge in [-0.3, -0.25) is 9.93 Å². The second-order valence-corrected chi connectivity index (χ2v) is 11.6. The molecule has 0 saturated carbocycles. The van der Waals surface area contributed by atoms with Crippen LogP contribution >= 0.6 is 23.2 Å². The molecule has 4 N–H and O–H groups in total. The van der Waals surface area contributed by atoms with E-state index in [1.165, 1.54) is 6.07 Å². The molecule has 2 saturated heterocycles. The van der Waals surface area contributed by atoms with Crippen LogP contribution in [-0.2, 0) is 15.8 Å². The van der Waals surface area contributed by atoms with Crippen LogP contribution in [0.2, 0.25) is 10.0 Å². The lowest BCUT2D eigenvalue weighted by Gasteiger charge is -2.39. The summed E-state index contributed by atoms with van der Waals surface area (Å²) in [7, 11) is -1.52. The number of nitrogens with zero attached hydrogens (tertiary/aromatic N) is 1. The second kappa shape index (κ2) is 9.74.